The van der Waals surface area contributed by atoms with Gasteiger partial charge in [-0.2, -0.15) is 0 Å². The van der Waals surface area contributed by atoms with Crippen molar-refractivity contribution in [3.8, 4) is 0 Å². The van der Waals surface area contributed by atoms with E-state index in [2.05, 4.69) is 15.6 Å². The number of benzene rings is 1. The Kier molecular flexibility index (Phi) is 5.09. The summed E-state index contributed by atoms with van der Waals surface area (Å²) in [6.45, 7) is 0.668. The van der Waals surface area contributed by atoms with Crippen molar-refractivity contribution < 1.29 is 9.59 Å². The summed E-state index contributed by atoms with van der Waals surface area (Å²) in [5, 5.41) is 5.58. The van der Waals surface area contributed by atoms with Crippen LogP contribution >= 0.6 is 22.9 Å². The molecular weight excluding hydrogens is 298 g/mol. The number of hydrogen-bond acceptors (Lipinski definition) is 4. The summed E-state index contributed by atoms with van der Waals surface area (Å²) < 4.78 is 0. The Bertz CT molecular complexity index is 601. The summed E-state index contributed by atoms with van der Waals surface area (Å²) in [6, 6.07) is 8.89. The van der Waals surface area contributed by atoms with Crippen LogP contribution in [0.25, 0.3) is 0 Å². The highest BCUT2D eigenvalue weighted by Gasteiger charge is 2.12. The topological polar surface area (TPSA) is 71.1 Å². The Hall–Kier alpha value is -1.92. The predicted molar refractivity (Wildman–Crippen MR) is 78.2 cm³/mol. The maximum atomic E-state index is 11.7. The Balaban J connectivity index is 1.73. The molecule has 7 heteroatoms. The van der Waals surface area contributed by atoms with Crippen molar-refractivity contribution in [1.29, 1.82) is 0 Å². The lowest BCUT2D eigenvalue weighted by Gasteiger charge is -2.06. The van der Waals surface area contributed by atoms with Crippen molar-refractivity contribution in [1.82, 2.24) is 15.6 Å². The van der Waals surface area contributed by atoms with Gasteiger partial charge in [-0.05, 0) is 12.1 Å². The predicted octanol–water partition coefficient (Wildman–Crippen LogP) is 1.96. The van der Waals surface area contributed by atoms with Gasteiger partial charge in [0.2, 0.25) is 0 Å². The van der Waals surface area contributed by atoms with Gasteiger partial charge in [0.25, 0.3) is 11.8 Å². The van der Waals surface area contributed by atoms with E-state index in [-0.39, 0.29) is 17.0 Å². The molecule has 1 heterocycles. The van der Waals surface area contributed by atoms with Crippen LogP contribution in [0, 0.1) is 0 Å². The number of carbonyl (C=O) groups is 2. The van der Waals surface area contributed by atoms with E-state index < -0.39 is 0 Å². The minimum atomic E-state index is -0.286. The second kappa shape index (κ2) is 7.02. The van der Waals surface area contributed by atoms with Crippen LogP contribution < -0.4 is 10.6 Å². The molecule has 0 radical (unpaired) electrons. The smallest absolute Gasteiger partial charge is 0.264 e. The van der Waals surface area contributed by atoms with Crippen molar-refractivity contribution in [2.24, 2.45) is 0 Å². The molecule has 2 N–H and O–H groups in total. The minimum absolute atomic E-state index is 0.171. The molecule has 0 bridgehead atoms. The zero-order chi connectivity index (χ0) is 14.4. The van der Waals surface area contributed by atoms with Gasteiger partial charge in [-0.1, -0.05) is 29.8 Å². The van der Waals surface area contributed by atoms with E-state index in [0.717, 1.165) is 0 Å². The third kappa shape index (κ3) is 3.79. The summed E-state index contributed by atoms with van der Waals surface area (Å²) in [7, 11) is 0. The standard InChI is InChI=1S/C13H12ClN3O2S/c14-11-10(20-8-17-11)13(19)16-7-6-15-12(18)9-4-2-1-3-5-9/h1-5,8H,6-7H2,(H,15,18)(H,16,19). The highest BCUT2D eigenvalue weighted by atomic mass is 35.5. The molecule has 2 aromatic rings. The molecule has 20 heavy (non-hydrogen) atoms. The molecule has 1 aromatic carbocycles. The van der Waals surface area contributed by atoms with Gasteiger partial charge in [0.15, 0.2) is 5.15 Å². The molecule has 0 fully saturated rings. The van der Waals surface area contributed by atoms with E-state index in [0.29, 0.717) is 23.5 Å². The maximum Gasteiger partial charge on any atom is 0.264 e. The summed E-state index contributed by atoms with van der Waals surface area (Å²) >= 11 is 6.92. The lowest BCUT2D eigenvalue weighted by Crippen LogP contribution is -2.34. The number of carbonyl (C=O) groups excluding carboxylic acids is 2. The number of thiazole rings is 1. The van der Waals surface area contributed by atoms with Crippen LogP contribution in [-0.4, -0.2) is 29.9 Å². The molecule has 1 aromatic heterocycles. The number of nitrogens with one attached hydrogen (secondary N) is 2. The molecule has 104 valence electrons. The molecule has 0 aliphatic carbocycles. The van der Waals surface area contributed by atoms with Gasteiger partial charge >= 0.3 is 0 Å². The van der Waals surface area contributed by atoms with Crippen LogP contribution in [0.5, 0.6) is 0 Å². The fourth-order valence-corrected chi connectivity index (χ4v) is 2.42. The number of amides is 2. The highest BCUT2D eigenvalue weighted by molar-refractivity contribution is 7.12. The van der Waals surface area contributed by atoms with Gasteiger partial charge < -0.3 is 10.6 Å². The second-order valence-electron chi connectivity index (χ2n) is 3.85. The zero-order valence-electron chi connectivity index (χ0n) is 10.4. The van der Waals surface area contributed by atoms with E-state index in [1.807, 2.05) is 6.07 Å². The lowest BCUT2D eigenvalue weighted by atomic mass is 10.2. The molecule has 0 saturated heterocycles. The molecule has 0 aliphatic heterocycles. The van der Waals surface area contributed by atoms with Crippen LogP contribution in [0.1, 0.15) is 20.0 Å². The normalized spacial score (nSPS) is 10.1. The fourth-order valence-electron chi connectivity index (χ4n) is 1.50. The van der Waals surface area contributed by atoms with Crippen LogP contribution in [-0.2, 0) is 0 Å². The molecule has 2 rings (SSSR count). The number of rotatable bonds is 5. The Morgan fingerprint density at radius 3 is 2.35 bits per heavy atom. The largest absolute Gasteiger partial charge is 0.350 e. The van der Waals surface area contributed by atoms with Gasteiger partial charge in [-0.3, -0.25) is 9.59 Å². The molecule has 0 atom stereocenters. The van der Waals surface area contributed by atoms with E-state index in [9.17, 15) is 9.59 Å². The first-order valence-corrected chi connectivity index (χ1v) is 7.14. The Labute approximate surface area is 125 Å². The third-order valence-electron chi connectivity index (χ3n) is 2.46. The van der Waals surface area contributed by atoms with E-state index in [4.69, 9.17) is 11.6 Å². The first-order chi connectivity index (χ1) is 9.68. The zero-order valence-corrected chi connectivity index (χ0v) is 12.0. The molecule has 0 aliphatic rings. The Morgan fingerprint density at radius 2 is 1.75 bits per heavy atom. The summed E-state index contributed by atoms with van der Waals surface area (Å²) in [4.78, 5) is 27.6. The number of nitrogens with zero attached hydrogens (tertiary/aromatic N) is 1. The van der Waals surface area contributed by atoms with Crippen molar-refractivity contribution >= 4 is 34.8 Å². The SMILES string of the molecule is O=C(NCCNC(=O)c1scnc1Cl)c1ccccc1. The number of halogens is 1. The van der Waals surface area contributed by atoms with E-state index in [1.165, 1.54) is 16.8 Å². The van der Waals surface area contributed by atoms with Crippen molar-refractivity contribution in [2.75, 3.05) is 13.1 Å². The molecule has 0 saturated carbocycles. The average molecular weight is 310 g/mol. The van der Waals surface area contributed by atoms with Gasteiger partial charge in [0.05, 0.1) is 5.51 Å². The first-order valence-electron chi connectivity index (χ1n) is 5.89. The van der Waals surface area contributed by atoms with Crippen molar-refractivity contribution in [3.05, 3.63) is 51.4 Å². The monoisotopic (exact) mass is 309 g/mol. The molecule has 5 nitrogen and oxygen atoms in total. The van der Waals surface area contributed by atoms with E-state index in [1.54, 1.807) is 24.3 Å². The molecule has 0 unspecified atom stereocenters. The fraction of sp³-hybridized carbons (Fsp3) is 0.154. The van der Waals surface area contributed by atoms with Crippen molar-refractivity contribution in [2.45, 2.75) is 0 Å². The van der Waals surface area contributed by atoms with Gasteiger partial charge in [0, 0.05) is 18.7 Å². The summed E-state index contributed by atoms with van der Waals surface area (Å²) in [5.74, 6) is -0.456. The van der Waals surface area contributed by atoms with Crippen LogP contribution in [0.4, 0.5) is 0 Å². The number of hydrogen-bond donors (Lipinski definition) is 2. The van der Waals surface area contributed by atoms with Crippen LogP contribution in [0.15, 0.2) is 35.8 Å². The first kappa shape index (κ1) is 14.5. The molecule has 2 amide bonds. The highest BCUT2D eigenvalue weighted by Crippen LogP contribution is 2.17. The lowest BCUT2D eigenvalue weighted by molar-refractivity contribution is 0.0929. The van der Waals surface area contributed by atoms with Crippen LogP contribution in [0.2, 0.25) is 5.15 Å². The van der Waals surface area contributed by atoms with Crippen molar-refractivity contribution in [3.63, 3.8) is 0 Å². The minimum Gasteiger partial charge on any atom is -0.350 e. The van der Waals surface area contributed by atoms with Crippen LogP contribution in [0.3, 0.4) is 0 Å². The number of aromatic nitrogens is 1. The second-order valence-corrected chi connectivity index (χ2v) is 5.06. The molecular formula is C13H12ClN3O2S. The molecule has 0 spiro atoms. The van der Waals surface area contributed by atoms with E-state index >= 15 is 0 Å². The summed E-state index contributed by atoms with van der Waals surface area (Å²) in [5.41, 5.74) is 2.10. The third-order valence-corrected chi connectivity index (χ3v) is 3.69. The van der Waals surface area contributed by atoms with Gasteiger partial charge in [-0.25, -0.2) is 4.98 Å². The average Bonchev–Trinajstić information content (AvgIpc) is 2.90. The Morgan fingerprint density at radius 1 is 1.10 bits per heavy atom. The maximum absolute atomic E-state index is 11.7. The summed E-state index contributed by atoms with van der Waals surface area (Å²) in [6.07, 6.45) is 0. The van der Waals surface area contributed by atoms with Gasteiger partial charge in [-0.15, -0.1) is 11.3 Å². The quantitative estimate of drug-likeness (QED) is 0.829. The van der Waals surface area contributed by atoms with Gasteiger partial charge in [0.1, 0.15) is 4.88 Å².